The largest absolute Gasteiger partial charge is 0.376 e. The second-order valence-corrected chi connectivity index (χ2v) is 5.34. The summed E-state index contributed by atoms with van der Waals surface area (Å²) in [4.78, 5) is 2.49. The number of morpholine rings is 1. The highest BCUT2D eigenvalue weighted by Crippen LogP contribution is 2.12. The van der Waals surface area contributed by atoms with Crippen molar-refractivity contribution in [1.82, 2.24) is 10.2 Å². The fourth-order valence-corrected chi connectivity index (χ4v) is 2.31. The molecule has 0 aromatic rings. The molecule has 1 aliphatic rings. The van der Waals surface area contributed by atoms with Gasteiger partial charge in [0.15, 0.2) is 0 Å². The second-order valence-electron chi connectivity index (χ2n) is 5.34. The van der Waals surface area contributed by atoms with Gasteiger partial charge in [0.25, 0.3) is 0 Å². The molecule has 0 spiro atoms. The number of hydrogen-bond donors (Lipinski definition) is 1. The molecule has 0 amide bonds. The van der Waals surface area contributed by atoms with Crippen molar-refractivity contribution in [1.29, 1.82) is 0 Å². The molecular formula is C14H30N2O. The molecule has 1 fully saturated rings. The maximum atomic E-state index is 5.80. The van der Waals surface area contributed by atoms with Crippen LogP contribution >= 0.6 is 0 Å². The van der Waals surface area contributed by atoms with Gasteiger partial charge in [-0.2, -0.15) is 0 Å². The molecule has 1 saturated heterocycles. The molecule has 0 aliphatic carbocycles. The zero-order chi connectivity index (χ0) is 12.5. The summed E-state index contributed by atoms with van der Waals surface area (Å²) in [5.74, 6) is 0. The average Bonchev–Trinajstić information content (AvgIpc) is 2.33. The number of nitrogens with zero attached hydrogens (tertiary/aromatic N) is 1. The van der Waals surface area contributed by atoms with Gasteiger partial charge < -0.3 is 10.1 Å². The van der Waals surface area contributed by atoms with Gasteiger partial charge in [-0.15, -0.1) is 0 Å². The van der Waals surface area contributed by atoms with Crippen molar-refractivity contribution < 1.29 is 4.74 Å². The second kappa shape index (κ2) is 8.90. The average molecular weight is 242 g/mol. The molecular weight excluding hydrogens is 212 g/mol. The summed E-state index contributed by atoms with van der Waals surface area (Å²) in [6, 6.07) is 0.620. The van der Waals surface area contributed by atoms with Crippen molar-refractivity contribution in [3.8, 4) is 0 Å². The molecule has 1 aliphatic heterocycles. The molecule has 0 aromatic carbocycles. The van der Waals surface area contributed by atoms with Gasteiger partial charge in [0.2, 0.25) is 0 Å². The highest BCUT2D eigenvalue weighted by Gasteiger charge is 2.18. The maximum Gasteiger partial charge on any atom is 0.0702 e. The van der Waals surface area contributed by atoms with E-state index in [1.165, 1.54) is 25.7 Å². The van der Waals surface area contributed by atoms with Crippen molar-refractivity contribution in [2.24, 2.45) is 0 Å². The first-order valence-electron chi connectivity index (χ1n) is 7.29. The summed E-state index contributed by atoms with van der Waals surface area (Å²) in [6.07, 6.45) is 5.65. The normalized spacial score (nSPS) is 22.2. The Balaban J connectivity index is 1.95. The van der Waals surface area contributed by atoms with Crippen LogP contribution in [0.25, 0.3) is 0 Å². The van der Waals surface area contributed by atoms with Crippen LogP contribution in [0.5, 0.6) is 0 Å². The molecule has 17 heavy (non-hydrogen) atoms. The monoisotopic (exact) mass is 242 g/mol. The van der Waals surface area contributed by atoms with E-state index in [1.54, 1.807) is 0 Å². The van der Waals surface area contributed by atoms with Crippen LogP contribution in [0.3, 0.4) is 0 Å². The van der Waals surface area contributed by atoms with E-state index < -0.39 is 0 Å². The molecule has 3 heteroatoms. The van der Waals surface area contributed by atoms with Crippen LogP contribution in [0.2, 0.25) is 0 Å². The minimum absolute atomic E-state index is 0.488. The number of unbranched alkanes of at least 4 members (excludes halogenated alkanes) is 2. The SMILES string of the molecule is CCN1CCO[C@@H](CCCCCNC(C)C)C1. The Kier molecular flexibility index (Phi) is 7.82. The van der Waals surface area contributed by atoms with Gasteiger partial charge in [0.05, 0.1) is 12.7 Å². The van der Waals surface area contributed by atoms with Crippen LogP contribution < -0.4 is 5.32 Å². The highest BCUT2D eigenvalue weighted by molar-refractivity contribution is 4.70. The van der Waals surface area contributed by atoms with Gasteiger partial charge in [0, 0.05) is 19.1 Å². The summed E-state index contributed by atoms with van der Waals surface area (Å²) in [6.45, 7) is 12.1. The molecule has 1 heterocycles. The third-order valence-corrected chi connectivity index (χ3v) is 3.43. The molecule has 1 atom stereocenters. The van der Waals surface area contributed by atoms with Crippen LogP contribution in [-0.4, -0.2) is 49.8 Å². The van der Waals surface area contributed by atoms with Crippen LogP contribution in [0.1, 0.15) is 46.5 Å². The van der Waals surface area contributed by atoms with E-state index in [0.717, 1.165) is 32.8 Å². The highest BCUT2D eigenvalue weighted by atomic mass is 16.5. The van der Waals surface area contributed by atoms with Gasteiger partial charge in [-0.1, -0.05) is 33.6 Å². The third kappa shape index (κ3) is 7.02. The van der Waals surface area contributed by atoms with Crippen molar-refractivity contribution >= 4 is 0 Å². The minimum atomic E-state index is 0.488. The Bertz CT molecular complexity index is 185. The topological polar surface area (TPSA) is 24.5 Å². The lowest BCUT2D eigenvalue weighted by atomic mass is 10.1. The Morgan fingerprint density at radius 3 is 2.82 bits per heavy atom. The molecule has 0 saturated carbocycles. The lowest BCUT2D eigenvalue weighted by Crippen LogP contribution is -2.42. The first-order valence-corrected chi connectivity index (χ1v) is 7.29. The molecule has 102 valence electrons. The standard InChI is InChI=1S/C14H30N2O/c1-4-16-10-11-17-14(12-16)8-6-5-7-9-15-13(2)3/h13-15H,4-12H2,1-3H3/t14-/m0/s1. The van der Waals surface area contributed by atoms with E-state index >= 15 is 0 Å². The molecule has 0 bridgehead atoms. The summed E-state index contributed by atoms with van der Waals surface area (Å²) in [7, 11) is 0. The Morgan fingerprint density at radius 2 is 2.12 bits per heavy atom. The molecule has 1 N–H and O–H groups in total. The Morgan fingerprint density at radius 1 is 1.29 bits per heavy atom. The Labute approximate surface area is 107 Å². The molecule has 0 aromatic heterocycles. The molecule has 0 unspecified atom stereocenters. The molecule has 1 rings (SSSR count). The smallest absolute Gasteiger partial charge is 0.0702 e. The van der Waals surface area contributed by atoms with Gasteiger partial charge in [0.1, 0.15) is 0 Å². The zero-order valence-electron chi connectivity index (χ0n) is 11.9. The summed E-state index contributed by atoms with van der Waals surface area (Å²) < 4.78 is 5.80. The first-order chi connectivity index (χ1) is 8.22. The Hall–Kier alpha value is -0.120. The van der Waals surface area contributed by atoms with E-state index in [0.29, 0.717) is 12.1 Å². The fraction of sp³-hybridized carbons (Fsp3) is 1.00. The van der Waals surface area contributed by atoms with Gasteiger partial charge in [-0.3, -0.25) is 4.90 Å². The zero-order valence-corrected chi connectivity index (χ0v) is 11.9. The predicted molar refractivity (Wildman–Crippen MR) is 73.5 cm³/mol. The van der Waals surface area contributed by atoms with Crippen LogP contribution in [-0.2, 0) is 4.74 Å². The van der Waals surface area contributed by atoms with E-state index in [-0.39, 0.29) is 0 Å². The summed E-state index contributed by atoms with van der Waals surface area (Å²) in [5, 5.41) is 3.46. The lowest BCUT2D eigenvalue weighted by molar-refractivity contribution is -0.0312. The number of rotatable bonds is 8. The first kappa shape index (κ1) is 14.9. The lowest BCUT2D eigenvalue weighted by Gasteiger charge is -2.32. The van der Waals surface area contributed by atoms with Crippen molar-refractivity contribution in [3.63, 3.8) is 0 Å². The number of likely N-dealkylation sites (N-methyl/N-ethyl adjacent to an activating group) is 1. The molecule has 3 nitrogen and oxygen atoms in total. The maximum absolute atomic E-state index is 5.80. The quantitative estimate of drug-likeness (QED) is 0.661. The third-order valence-electron chi connectivity index (χ3n) is 3.43. The van der Waals surface area contributed by atoms with Crippen molar-refractivity contribution in [2.45, 2.75) is 58.6 Å². The van der Waals surface area contributed by atoms with Crippen molar-refractivity contribution in [3.05, 3.63) is 0 Å². The summed E-state index contributed by atoms with van der Waals surface area (Å²) >= 11 is 0. The van der Waals surface area contributed by atoms with Crippen LogP contribution in [0.4, 0.5) is 0 Å². The fourth-order valence-electron chi connectivity index (χ4n) is 2.31. The van der Waals surface area contributed by atoms with E-state index in [4.69, 9.17) is 4.74 Å². The number of hydrogen-bond acceptors (Lipinski definition) is 3. The molecule has 0 radical (unpaired) electrons. The summed E-state index contributed by atoms with van der Waals surface area (Å²) in [5.41, 5.74) is 0. The minimum Gasteiger partial charge on any atom is -0.376 e. The van der Waals surface area contributed by atoms with Crippen LogP contribution in [0.15, 0.2) is 0 Å². The van der Waals surface area contributed by atoms with Gasteiger partial charge in [-0.05, 0) is 25.9 Å². The van der Waals surface area contributed by atoms with Gasteiger partial charge >= 0.3 is 0 Å². The van der Waals surface area contributed by atoms with E-state index in [1.807, 2.05) is 0 Å². The van der Waals surface area contributed by atoms with Crippen molar-refractivity contribution in [2.75, 3.05) is 32.8 Å². The van der Waals surface area contributed by atoms with Gasteiger partial charge in [-0.25, -0.2) is 0 Å². The van der Waals surface area contributed by atoms with E-state index in [2.05, 4.69) is 31.0 Å². The number of nitrogens with one attached hydrogen (secondary N) is 1. The van der Waals surface area contributed by atoms with Crippen LogP contribution in [0, 0.1) is 0 Å². The number of ether oxygens (including phenoxy) is 1. The van der Waals surface area contributed by atoms with E-state index in [9.17, 15) is 0 Å². The predicted octanol–water partition coefficient (Wildman–Crippen LogP) is 2.27.